The molecule has 0 fully saturated rings. The zero-order valence-corrected chi connectivity index (χ0v) is 33.8. The maximum Gasteiger partial charge on any atom is 0.160 e. The van der Waals surface area contributed by atoms with Gasteiger partial charge in [-0.1, -0.05) is 152 Å². The highest BCUT2D eigenvalue weighted by molar-refractivity contribution is 7.79. The predicted octanol–water partition coefficient (Wildman–Crippen LogP) is 14.1. The van der Waals surface area contributed by atoms with Gasteiger partial charge < -0.3 is 0 Å². The molecule has 0 spiro atoms. The number of nitrogens with zero attached hydrogens (tertiary/aromatic N) is 4. The summed E-state index contributed by atoms with van der Waals surface area (Å²) in [5, 5.41) is 12.2. The molecule has 0 amide bonds. The SMILES string of the molecule is N=C1C=Cc2c(-c3ccccc3)nc3cc(-c4cccc(-c5cc(-c6ccc(-c7cccc8c7sc7ccccc78)cc6)nc(-c6ccccc6)n5)c4)ccc3c2/C1=N/S. The quantitative estimate of drug-likeness (QED) is 0.164. The summed E-state index contributed by atoms with van der Waals surface area (Å²) in [4.78, 5) is 15.5. The summed E-state index contributed by atoms with van der Waals surface area (Å²) in [6.45, 7) is 0. The summed E-state index contributed by atoms with van der Waals surface area (Å²) >= 11 is 6.15. The summed E-state index contributed by atoms with van der Waals surface area (Å²) in [5.74, 6) is 0.669. The molecule has 5 nitrogen and oxygen atoms in total. The van der Waals surface area contributed by atoms with Crippen molar-refractivity contribution in [2.45, 2.75) is 0 Å². The highest BCUT2D eigenvalue weighted by atomic mass is 32.1. The Morgan fingerprint density at radius 1 is 0.483 bits per heavy atom. The van der Waals surface area contributed by atoms with Gasteiger partial charge in [0.2, 0.25) is 0 Å². The lowest BCUT2D eigenvalue weighted by Crippen LogP contribution is -2.18. The normalized spacial score (nSPS) is 13.1. The first-order valence-electron chi connectivity index (χ1n) is 19.7. The second-order valence-electron chi connectivity index (χ2n) is 14.8. The number of pyridine rings is 1. The number of nitrogens with one attached hydrogen (secondary N) is 1. The van der Waals surface area contributed by atoms with E-state index in [1.165, 1.54) is 31.3 Å². The van der Waals surface area contributed by atoms with E-state index in [1.807, 2.05) is 53.8 Å². The molecule has 3 aromatic heterocycles. The van der Waals surface area contributed by atoms with Crippen LogP contribution in [0.15, 0.2) is 186 Å². The number of hydrogen-bond donors (Lipinski definition) is 2. The van der Waals surface area contributed by atoms with Gasteiger partial charge in [-0.25, -0.2) is 19.3 Å². The van der Waals surface area contributed by atoms with E-state index in [0.717, 1.165) is 72.5 Å². The maximum atomic E-state index is 8.64. The fraction of sp³-hybridized carbons (Fsp3) is 0. The Kier molecular flexibility index (Phi) is 8.84. The number of aromatic nitrogens is 3. The first-order valence-corrected chi connectivity index (χ1v) is 20.9. The number of thiophene rings is 1. The van der Waals surface area contributed by atoms with Crippen LogP contribution >= 0.6 is 24.2 Å². The van der Waals surface area contributed by atoms with Crippen LogP contribution in [-0.4, -0.2) is 26.4 Å². The smallest absolute Gasteiger partial charge is 0.160 e. The third-order valence-electron chi connectivity index (χ3n) is 11.2. The van der Waals surface area contributed by atoms with Crippen LogP contribution in [0.5, 0.6) is 0 Å². The van der Waals surface area contributed by atoms with Crippen LogP contribution in [0.3, 0.4) is 0 Å². The van der Waals surface area contributed by atoms with Gasteiger partial charge in [0.1, 0.15) is 5.71 Å². The third kappa shape index (κ3) is 6.23. The molecule has 0 radical (unpaired) electrons. The van der Waals surface area contributed by atoms with Crippen molar-refractivity contribution in [2.24, 2.45) is 4.40 Å². The van der Waals surface area contributed by atoms with Gasteiger partial charge in [-0.2, -0.15) is 0 Å². The van der Waals surface area contributed by atoms with E-state index in [2.05, 4.69) is 157 Å². The van der Waals surface area contributed by atoms with Crippen LogP contribution in [0.4, 0.5) is 0 Å². The van der Waals surface area contributed by atoms with E-state index < -0.39 is 0 Å². The zero-order chi connectivity index (χ0) is 40.2. The van der Waals surface area contributed by atoms with Crippen LogP contribution in [-0.2, 0) is 0 Å². The van der Waals surface area contributed by atoms with Crippen molar-refractivity contribution < 1.29 is 0 Å². The standard InChI is InChI=1S/C53H33N5S2/c54-44-28-27-43-49(51(44)58-59)42-26-25-37(30-47(42)55-50(43)34-11-3-1-4-12-34)36-15-9-16-38(29-36)46-31-45(56-53(57-46)35-13-5-2-6-14-35)33-23-21-32(22-24-33)39-18-10-19-41-40-17-7-8-20-48(40)60-52(39)41/h1-31,54,59H/b54-44?,58-51+. The predicted molar refractivity (Wildman–Crippen MR) is 255 cm³/mol. The number of benzene rings is 7. The Bertz CT molecular complexity index is 3390. The van der Waals surface area contributed by atoms with Gasteiger partial charge in [-0.3, -0.25) is 5.41 Å². The molecule has 0 aliphatic heterocycles. The van der Waals surface area contributed by atoms with Crippen molar-refractivity contribution in [3.05, 3.63) is 193 Å². The van der Waals surface area contributed by atoms with Gasteiger partial charge >= 0.3 is 0 Å². The van der Waals surface area contributed by atoms with Gasteiger partial charge in [0.25, 0.3) is 0 Å². The van der Waals surface area contributed by atoms with E-state index in [-0.39, 0.29) is 0 Å². The van der Waals surface area contributed by atoms with E-state index in [1.54, 1.807) is 6.08 Å². The number of thiol groups is 1. The molecule has 1 aliphatic rings. The minimum Gasteiger partial charge on any atom is -0.299 e. The summed E-state index contributed by atoms with van der Waals surface area (Å²) in [6.07, 6.45) is 3.73. The first-order chi connectivity index (χ1) is 29.6. The lowest BCUT2D eigenvalue weighted by molar-refractivity contribution is 1.18. The summed E-state index contributed by atoms with van der Waals surface area (Å²) < 4.78 is 6.87. The van der Waals surface area contributed by atoms with E-state index in [4.69, 9.17) is 20.4 Å². The van der Waals surface area contributed by atoms with Crippen molar-refractivity contribution >= 4 is 72.7 Å². The molecule has 60 heavy (non-hydrogen) atoms. The Morgan fingerprint density at radius 2 is 1.12 bits per heavy atom. The maximum absolute atomic E-state index is 8.64. The highest BCUT2D eigenvalue weighted by Gasteiger charge is 2.24. The van der Waals surface area contributed by atoms with E-state index in [9.17, 15) is 0 Å². The van der Waals surface area contributed by atoms with Gasteiger partial charge in [-0.05, 0) is 71.5 Å². The molecule has 0 atom stereocenters. The van der Waals surface area contributed by atoms with Gasteiger partial charge in [0.15, 0.2) is 5.82 Å². The average molecular weight is 804 g/mol. The molecule has 11 rings (SSSR count). The number of allylic oxidation sites excluding steroid dienone is 1. The van der Waals surface area contributed by atoms with E-state index >= 15 is 0 Å². The second kappa shape index (κ2) is 14.8. The lowest BCUT2D eigenvalue weighted by Gasteiger charge is -2.20. The molecular formula is C53H33N5S2. The van der Waals surface area contributed by atoms with Crippen LogP contribution in [0.25, 0.3) is 105 Å². The molecule has 0 unspecified atom stereocenters. The first kappa shape index (κ1) is 35.8. The second-order valence-corrected chi connectivity index (χ2v) is 16.1. The summed E-state index contributed by atoms with van der Waals surface area (Å²) in [6, 6.07) is 61.2. The molecule has 0 bridgehead atoms. The molecule has 0 saturated carbocycles. The van der Waals surface area contributed by atoms with Gasteiger partial charge in [-0.15, -0.1) is 11.3 Å². The highest BCUT2D eigenvalue weighted by Crippen LogP contribution is 2.41. The Balaban J connectivity index is 1.00. The fourth-order valence-corrected chi connectivity index (χ4v) is 9.74. The molecule has 7 aromatic carbocycles. The number of fused-ring (bicyclic) bond motifs is 6. The Labute approximate surface area is 356 Å². The van der Waals surface area contributed by atoms with Gasteiger partial charge in [0.05, 0.1) is 28.3 Å². The van der Waals surface area contributed by atoms with Crippen molar-refractivity contribution in [3.8, 4) is 67.4 Å². The van der Waals surface area contributed by atoms with Crippen LogP contribution in [0.1, 0.15) is 11.1 Å². The van der Waals surface area contributed by atoms with Crippen LogP contribution in [0.2, 0.25) is 0 Å². The fourth-order valence-electron chi connectivity index (χ4n) is 8.29. The molecule has 1 N–H and O–H groups in total. The average Bonchev–Trinajstić information content (AvgIpc) is 3.71. The Hall–Kier alpha value is -7.32. The van der Waals surface area contributed by atoms with Crippen molar-refractivity contribution in [1.29, 1.82) is 5.41 Å². The molecule has 3 heterocycles. The minimum atomic E-state index is 0.320. The zero-order valence-electron chi connectivity index (χ0n) is 32.0. The number of hydrogen-bond acceptors (Lipinski definition) is 7. The van der Waals surface area contributed by atoms with Crippen molar-refractivity contribution in [1.82, 2.24) is 15.0 Å². The molecule has 10 aromatic rings. The Morgan fingerprint density at radius 3 is 1.92 bits per heavy atom. The molecular weight excluding hydrogens is 771 g/mol. The molecule has 0 saturated heterocycles. The summed E-state index contributed by atoms with van der Waals surface area (Å²) in [7, 11) is 0. The van der Waals surface area contributed by atoms with Gasteiger partial charge in [0, 0.05) is 58.9 Å². The number of rotatable bonds is 6. The van der Waals surface area contributed by atoms with Crippen LogP contribution < -0.4 is 0 Å². The van der Waals surface area contributed by atoms with Crippen molar-refractivity contribution in [2.75, 3.05) is 0 Å². The third-order valence-corrected chi connectivity index (χ3v) is 12.6. The lowest BCUT2D eigenvalue weighted by atomic mass is 9.87. The molecule has 7 heteroatoms. The molecule has 1 aliphatic carbocycles. The topological polar surface area (TPSA) is 74.9 Å². The van der Waals surface area contributed by atoms with Crippen LogP contribution in [0, 0.1) is 5.41 Å². The minimum absolute atomic E-state index is 0.320. The largest absolute Gasteiger partial charge is 0.299 e. The molecule has 282 valence electrons. The van der Waals surface area contributed by atoms with Crippen molar-refractivity contribution in [3.63, 3.8) is 0 Å². The van der Waals surface area contributed by atoms with E-state index in [0.29, 0.717) is 17.2 Å². The monoisotopic (exact) mass is 803 g/mol. The summed E-state index contributed by atoms with van der Waals surface area (Å²) in [5.41, 5.74) is 14.4.